The molecule has 2 heterocycles. The van der Waals surface area contributed by atoms with Crippen molar-refractivity contribution in [2.24, 2.45) is 22.7 Å². The molecule has 1 saturated heterocycles. The Morgan fingerprint density at radius 3 is 2.83 bits per heavy atom. The number of carbonyl (C=O) groups excluding carboxylic acids is 3. The highest BCUT2D eigenvalue weighted by atomic mass is 16.5. The minimum Gasteiger partial charge on any atom is -0.468 e. The van der Waals surface area contributed by atoms with E-state index in [9.17, 15) is 19.5 Å². The molecule has 29 heavy (non-hydrogen) atoms. The molecule has 7 heteroatoms. The second kappa shape index (κ2) is 5.81. The Morgan fingerprint density at radius 1 is 1.34 bits per heavy atom. The Balaban J connectivity index is 1.77. The molecule has 3 aliphatic carbocycles. The van der Waals surface area contributed by atoms with Crippen LogP contribution < -0.4 is 0 Å². The molecule has 1 saturated carbocycles. The molecule has 0 radical (unpaired) electrons. The molecule has 0 aromatic carbocycles. The number of esters is 2. The minimum absolute atomic E-state index is 0.0601. The van der Waals surface area contributed by atoms with E-state index in [0.717, 1.165) is 0 Å². The van der Waals surface area contributed by atoms with E-state index in [4.69, 9.17) is 13.9 Å². The molecule has 1 spiro atoms. The number of carbonyl (C=O) groups is 3. The number of ketones is 1. The monoisotopic (exact) mass is 400 g/mol. The Labute approximate surface area is 168 Å². The molecule has 0 amide bonds. The molecule has 2 fully saturated rings. The van der Waals surface area contributed by atoms with Crippen LogP contribution in [0.3, 0.4) is 0 Å². The van der Waals surface area contributed by atoms with Crippen molar-refractivity contribution < 1.29 is 33.4 Å². The molecule has 1 aromatic heterocycles. The van der Waals surface area contributed by atoms with Crippen LogP contribution in [0.15, 0.2) is 28.4 Å². The predicted octanol–water partition coefficient (Wildman–Crippen LogP) is 2.39. The van der Waals surface area contributed by atoms with Crippen molar-refractivity contribution in [3.8, 4) is 0 Å². The summed E-state index contributed by atoms with van der Waals surface area (Å²) in [5, 5.41) is 11.1. The number of Topliss-reactive ketones (excluding diaryl/α,β-unsaturated/α-hetero) is 1. The molecule has 1 N–H and O–H groups in total. The van der Waals surface area contributed by atoms with Gasteiger partial charge in [0.05, 0.1) is 23.8 Å². The lowest BCUT2D eigenvalue weighted by Crippen LogP contribution is -2.60. The van der Waals surface area contributed by atoms with Gasteiger partial charge in [-0.3, -0.25) is 9.59 Å². The lowest BCUT2D eigenvalue weighted by Gasteiger charge is -2.60. The maximum atomic E-state index is 13.2. The van der Waals surface area contributed by atoms with E-state index < -0.39 is 40.9 Å². The maximum absolute atomic E-state index is 13.2. The highest BCUT2D eigenvalue weighted by Crippen LogP contribution is 2.68. The molecule has 5 rings (SSSR count). The molecule has 7 nitrogen and oxygen atoms in total. The van der Waals surface area contributed by atoms with Crippen LogP contribution in [-0.2, 0) is 19.1 Å². The van der Waals surface area contributed by atoms with Gasteiger partial charge in [0.15, 0.2) is 5.78 Å². The Hall–Kier alpha value is -2.41. The van der Waals surface area contributed by atoms with Gasteiger partial charge >= 0.3 is 11.9 Å². The largest absolute Gasteiger partial charge is 0.468 e. The van der Waals surface area contributed by atoms with Gasteiger partial charge in [-0.15, -0.1) is 0 Å². The van der Waals surface area contributed by atoms with E-state index in [0.29, 0.717) is 23.3 Å². The second-order valence-corrected chi connectivity index (χ2v) is 9.25. The lowest BCUT2D eigenvalue weighted by atomic mass is 9.43. The first kappa shape index (κ1) is 18.6. The van der Waals surface area contributed by atoms with Gasteiger partial charge in [0.25, 0.3) is 0 Å². The zero-order valence-electron chi connectivity index (χ0n) is 16.6. The number of hydrogen-bond donors (Lipinski definition) is 1. The molecule has 1 aromatic rings. The molecule has 7 atom stereocenters. The number of fused-ring (bicyclic) bond motifs is 2. The number of ether oxygens (including phenoxy) is 2. The second-order valence-electron chi connectivity index (χ2n) is 9.25. The predicted molar refractivity (Wildman–Crippen MR) is 98.8 cm³/mol. The molecule has 1 aliphatic heterocycles. The van der Waals surface area contributed by atoms with Gasteiger partial charge in [-0.25, -0.2) is 4.79 Å². The number of hydrogen-bond acceptors (Lipinski definition) is 7. The fourth-order valence-electron chi connectivity index (χ4n) is 6.63. The first-order chi connectivity index (χ1) is 13.7. The number of cyclic esters (lactones) is 1. The molecule has 0 bridgehead atoms. The van der Waals surface area contributed by atoms with Gasteiger partial charge in [0, 0.05) is 24.3 Å². The minimum atomic E-state index is -0.971. The normalized spacial score (nSPS) is 42.8. The van der Waals surface area contributed by atoms with Gasteiger partial charge in [0.1, 0.15) is 18.5 Å². The van der Waals surface area contributed by atoms with Gasteiger partial charge < -0.3 is 19.0 Å². The summed E-state index contributed by atoms with van der Waals surface area (Å²) in [4.78, 5) is 37.6. The SMILES string of the molecule is CC(=O)O[C@H]1C[C@@]23COC(=O)C2=C[C@H](O)[C@H]2c4occc4C(=O)C[C@](C)([C@@H]1C)[C@@H]23. The van der Waals surface area contributed by atoms with Gasteiger partial charge in [-0.2, -0.15) is 0 Å². The van der Waals surface area contributed by atoms with Crippen LogP contribution in [0.4, 0.5) is 0 Å². The van der Waals surface area contributed by atoms with Gasteiger partial charge in [-0.05, 0) is 35.8 Å². The van der Waals surface area contributed by atoms with Crippen molar-refractivity contribution in [2.75, 3.05) is 6.61 Å². The third-order valence-corrected chi connectivity index (χ3v) is 7.91. The average molecular weight is 400 g/mol. The van der Waals surface area contributed by atoms with Crippen molar-refractivity contribution in [3.63, 3.8) is 0 Å². The number of aliphatic hydroxyl groups is 1. The van der Waals surface area contributed by atoms with Crippen LogP contribution in [0.1, 0.15) is 55.6 Å². The molecule has 4 aliphatic rings. The first-order valence-corrected chi connectivity index (χ1v) is 10.0. The van der Waals surface area contributed by atoms with Crippen LogP contribution in [0.25, 0.3) is 0 Å². The summed E-state index contributed by atoms with van der Waals surface area (Å²) in [5.74, 6) is -1.32. The van der Waals surface area contributed by atoms with Crippen molar-refractivity contribution >= 4 is 17.7 Å². The Morgan fingerprint density at radius 2 is 2.10 bits per heavy atom. The third-order valence-electron chi connectivity index (χ3n) is 7.91. The zero-order chi connectivity index (χ0) is 20.7. The highest BCUT2D eigenvalue weighted by molar-refractivity contribution is 5.99. The summed E-state index contributed by atoms with van der Waals surface area (Å²) in [6.45, 7) is 5.51. The summed E-state index contributed by atoms with van der Waals surface area (Å²) in [5.41, 5.74) is -0.449. The molecular formula is C22H24O7. The molecular weight excluding hydrogens is 376 g/mol. The Kier molecular flexibility index (Phi) is 3.73. The number of aliphatic hydroxyl groups excluding tert-OH is 1. The smallest absolute Gasteiger partial charge is 0.334 e. The van der Waals surface area contributed by atoms with Crippen molar-refractivity contribution in [1.29, 1.82) is 0 Å². The third kappa shape index (κ3) is 2.25. The zero-order valence-corrected chi connectivity index (χ0v) is 16.6. The van der Waals surface area contributed by atoms with Crippen LogP contribution >= 0.6 is 0 Å². The van der Waals surface area contributed by atoms with Crippen LogP contribution in [0, 0.1) is 22.7 Å². The van der Waals surface area contributed by atoms with Gasteiger partial charge in [0.2, 0.25) is 0 Å². The van der Waals surface area contributed by atoms with E-state index in [-0.39, 0.29) is 30.6 Å². The van der Waals surface area contributed by atoms with E-state index >= 15 is 0 Å². The summed E-state index contributed by atoms with van der Waals surface area (Å²) < 4.78 is 16.9. The topological polar surface area (TPSA) is 103 Å². The maximum Gasteiger partial charge on any atom is 0.334 e. The van der Waals surface area contributed by atoms with E-state index in [1.54, 1.807) is 12.1 Å². The quantitative estimate of drug-likeness (QED) is 0.722. The number of furan rings is 1. The Bertz CT molecular complexity index is 958. The summed E-state index contributed by atoms with van der Waals surface area (Å²) in [6.07, 6.45) is 2.24. The summed E-state index contributed by atoms with van der Waals surface area (Å²) in [6, 6.07) is 1.65. The van der Waals surface area contributed by atoms with E-state index in [2.05, 4.69) is 0 Å². The van der Waals surface area contributed by atoms with Crippen molar-refractivity contribution in [2.45, 2.75) is 51.7 Å². The highest BCUT2D eigenvalue weighted by Gasteiger charge is 2.69. The van der Waals surface area contributed by atoms with Crippen LogP contribution in [-0.4, -0.2) is 41.6 Å². The van der Waals surface area contributed by atoms with E-state index in [1.165, 1.54) is 13.2 Å². The first-order valence-electron chi connectivity index (χ1n) is 10.0. The lowest BCUT2D eigenvalue weighted by molar-refractivity contribution is -0.176. The molecule has 0 unspecified atom stereocenters. The fourth-order valence-corrected chi connectivity index (χ4v) is 6.63. The van der Waals surface area contributed by atoms with Crippen molar-refractivity contribution in [3.05, 3.63) is 35.3 Å². The van der Waals surface area contributed by atoms with Gasteiger partial charge in [-0.1, -0.05) is 13.8 Å². The summed E-state index contributed by atoms with van der Waals surface area (Å²) >= 11 is 0. The average Bonchev–Trinajstić information content (AvgIpc) is 3.22. The fraction of sp³-hybridized carbons (Fsp3) is 0.591. The standard InChI is InChI=1S/C22H24O7/c1-10-16(29-11(2)23)8-22-9-28-20(26)13(22)6-14(24)17-18-12(4-5-27-18)15(25)7-21(10,3)19(17)22/h4-6,10,14,16-17,19,24H,7-9H2,1-3H3/t10-,14+,16+,17+,19-,21-,22-/m1/s1. The van der Waals surface area contributed by atoms with Crippen LogP contribution in [0.5, 0.6) is 0 Å². The van der Waals surface area contributed by atoms with Crippen LogP contribution in [0.2, 0.25) is 0 Å². The summed E-state index contributed by atoms with van der Waals surface area (Å²) in [7, 11) is 0. The number of rotatable bonds is 1. The van der Waals surface area contributed by atoms with E-state index in [1.807, 2.05) is 13.8 Å². The van der Waals surface area contributed by atoms with Crippen molar-refractivity contribution in [1.82, 2.24) is 0 Å². The molecule has 154 valence electrons.